The number of nitrogens with one attached hydrogen (secondary N) is 1. The molecule has 4 aliphatic rings. The van der Waals surface area contributed by atoms with Gasteiger partial charge in [0.1, 0.15) is 5.75 Å². The maximum Gasteiger partial charge on any atom is 0.293 e. The number of carbonyl (C=O) groups excluding carboxylic acids is 1. The van der Waals surface area contributed by atoms with E-state index in [1.807, 2.05) is 0 Å². The van der Waals surface area contributed by atoms with Gasteiger partial charge >= 0.3 is 0 Å². The van der Waals surface area contributed by atoms with Crippen molar-refractivity contribution in [2.75, 3.05) is 23.3 Å². The predicted octanol–water partition coefficient (Wildman–Crippen LogP) is 3.92. The van der Waals surface area contributed by atoms with Crippen LogP contribution in [-0.4, -0.2) is 38.2 Å². The first-order chi connectivity index (χ1) is 15.3. The highest BCUT2D eigenvalue weighted by atomic mass is 32.2. The highest BCUT2D eigenvalue weighted by Crippen LogP contribution is 2.60. The predicted molar refractivity (Wildman–Crippen MR) is 122 cm³/mol. The maximum atomic E-state index is 13.3. The fourth-order valence-electron chi connectivity index (χ4n) is 6.32. The van der Waals surface area contributed by atoms with Gasteiger partial charge in [-0.05, 0) is 87.5 Å². The number of hydrogen-bond acceptors (Lipinski definition) is 7. The molecule has 1 aromatic heterocycles. The van der Waals surface area contributed by atoms with Gasteiger partial charge in [0.25, 0.3) is 14.4 Å². The molecule has 1 amide bonds. The van der Waals surface area contributed by atoms with Crippen LogP contribution in [0.2, 0.25) is 0 Å². The molecule has 172 valence electrons. The summed E-state index contributed by atoms with van der Waals surface area (Å²) in [6.45, 7) is 2.00. The van der Waals surface area contributed by atoms with Crippen molar-refractivity contribution in [2.24, 2.45) is 23.2 Å². The van der Waals surface area contributed by atoms with E-state index in [4.69, 9.17) is 4.74 Å². The number of aromatic nitrogens is 2. The number of benzene rings is 1. The lowest BCUT2D eigenvalue weighted by molar-refractivity contribution is -0.140. The second-order valence-corrected chi connectivity index (χ2v) is 12.4. The molecule has 4 saturated carbocycles. The number of ether oxygens (including phenoxy) is 1. The highest BCUT2D eigenvalue weighted by molar-refractivity contribution is 7.94. The van der Waals surface area contributed by atoms with E-state index in [1.54, 1.807) is 38.3 Å². The zero-order chi connectivity index (χ0) is 22.5. The van der Waals surface area contributed by atoms with Gasteiger partial charge < -0.3 is 10.1 Å². The molecule has 4 aliphatic carbocycles. The van der Waals surface area contributed by atoms with Crippen molar-refractivity contribution in [3.05, 3.63) is 24.3 Å². The number of sulfonamides is 1. The molecular weight excluding hydrogens is 448 g/mol. The van der Waals surface area contributed by atoms with Crippen molar-refractivity contribution in [1.29, 1.82) is 0 Å². The van der Waals surface area contributed by atoms with Gasteiger partial charge in [0.15, 0.2) is 0 Å². The summed E-state index contributed by atoms with van der Waals surface area (Å²) in [5.74, 6) is 2.59. The fourth-order valence-corrected chi connectivity index (χ4v) is 8.79. The average molecular weight is 477 g/mol. The highest BCUT2D eigenvalue weighted by Gasteiger charge is 2.54. The van der Waals surface area contributed by atoms with E-state index in [0.717, 1.165) is 30.6 Å². The van der Waals surface area contributed by atoms with Gasteiger partial charge in [-0.3, -0.25) is 9.10 Å². The summed E-state index contributed by atoms with van der Waals surface area (Å²) in [5.41, 5.74) is 0.195. The van der Waals surface area contributed by atoms with E-state index in [9.17, 15) is 13.2 Å². The van der Waals surface area contributed by atoms with Crippen LogP contribution in [0.5, 0.6) is 5.75 Å². The lowest BCUT2D eigenvalue weighted by atomic mass is 9.49. The Labute approximate surface area is 192 Å². The van der Waals surface area contributed by atoms with E-state index >= 15 is 0 Å². The first-order valence-electron chi connectivity index (χ1n) is 11.1. The Balaban J connectivity index is 1.34. The minimum Gasteiger partial charge on any atom is -0.497 e. The van der Waals surface area contributed by atoms with E-state index in [0.29, 0.717) is 29.2 Å². The summed E-state index contributed by atoms with van der Waals surface area (Å²) in [4.78, 5) is 13.3. The van der Waals surface area contributed by atoms with E-state index in [1.165, 1.54) is 23.6 Å². The van der Waals surface area contributed by atoms with E-state index in [-0.39, 0.29) is 27.3 Å². The van der Waals surface area contributed by atoms with Crippen LogP contribution in [0.3, 0.4) is 0 Å². The largest absolute Gasteiger partial charge is 0.497 e. The van der Waals surface area contributed by atoms with Gasteiger partial charge in [-0.15, -0.1) is 10.2 Å². The molecule has 1 N–H and O–H groups in total. The number of carbonyl (C=O) groups is 1. The molecule has 2 aromatic rings. The zero-order valence-corrected chi connectivity index (χ0v) is 19.9. The number of anilines is 2. The Morgan fingerprint density at radius 1 is 1.12 bits per heavy atom. The SMILES string of the molecule is CCN(c1ccc(OC)cc1)S(=O)(=O)c1nnc(NC(=O)C23CC4CC(CC(C4)C2)C3)s1. The normalized spacial score (nSPS) is 28.5. The van der Waals surface area contributed by atoms with Crippen molar-refractivity contribution in [2.45, 2.75) is 49.8 Å². The second kappa shape index (κ2) is 7.98. The number of amides is 1. The van der Waals surface area contributed by atoms with Gasteiger partial charge in [0.2, 0.25) is 11.0 Å². The van der Waals surface area contributed by atoms with Crippen molar-refractivity contribution in [1.82, 2.24) is 10.2 Å². The number of methoxy groups -OCH3 is 1. The van der Waals surface area contributed by atoms with Crippen LogP contribution in [0.25, 0.3) is 0 Å². The van der Waals surface area contributed by atoms with Gasteiger partial charge in [-0.25, -0.2) is 0 Å². The molecular formula is C22H28N4O4S2. The molecule has 0 radical (unpaired) electrons. The maximum absolute atomic E-state index is 13.3. The summed E-state index contributed by atoms with van der Waals surface area (Å²) in [6.07, 6.45) is 6.59. The molecule has 32 heavy (non-hydrogen) atoms. The van der Waals surface area contributed by atoms with Crippen molar-refractivity contribution in [3.63, 3.8) is 0 Å². The number of nitrogens with zero attached hydrogens (tertiary/aromatic N) is 3. The lowest BCUT2D eigenvalue weighted by Crippen LogP contribution is -2.51. The third-order valence-electron chi connectivity index (χ3n) is 7.31. The summed E-state index contributed by atoms with van der Waals surface area (Å²) in [7, 11) is -2.34. The summed E-state index contributed by atoms with van der Waals surface area (Å²) >= 11 is 0.910. The van der Waals surface area contributed by atoms with Crippen molar-refractivity contribution < 1.29 is 17.9 Å². The number of hydrogen-bond donors (Lipinski definition) is 1. The third kappa shape index (κ3) is 3.67. The quantitative estimate of drug-likeness (QED) is 0.608. The molecule has 4 bridgehead atoms. The molecule has 6 rings (SSSR count). The monoisotopic (exact) mass is 476 g/mol. The molecule has 4 fully saturated rings. The van der Waals surface area contributed by atoms with E-state index < -0.39 is 10.0 Å². The van der Waals surface area contributed by atoms with Crippen LogP contribution < -0.4 is 14.4 Å². The zero-order valence-electron chi connectivity index (χ0n) is 18.3. The number of rotatable bonds is 7. The first-order valence-corrected chi connectivity index (χ1v) is 13.4. The Bertz CT molecular complexity index is 1080. The molecule has 0 saturated heterocycles. The third-order valence-corrected chi connectivity index (χ3v) is 10.4. The molecule has 8 nitrogen and oxygen atoms in total. The van der Waals surface area contributed by atoms with E-state index in [2.05, 4.69) is 15.5 Å². The minimum absolute atomic E-state index is 0.0146. The fraction of sp³-hybridized carbons (Fsp3) is 0.591. The Kier molecular flexibility index (Phi) is 5.40. The minimum atomic E-state index is -3.90. The molecule has 0 unspecified atom stereocenters. The van der Waals surface area contributed by atoms with Crippen LogP contribution in [0, 0.1) is 23.2 Å². The Hall–Kier alpha value is -2.20. The van der Waals surface area contributed by atoms with Crippen LogP contribution in [-0.2, 0) is 14.8 Å². The molecule has 1 heterocycles. The molecule has 1 aromatic carbocycles. The van der Waals surface area contributed by atoms with Crippen LogP contribution in [0.1, 0.15) is 45.4 Å². The summed E-state index contributed by atoms with van der Waals surface area (Å²) in [6, 6.07) is 6.81. The summed E-state index contributed by atoms with van der Waals surface area (Å²) in [5, 5.41) is 11.1. The smallest absolute Gasteiger partial charge is 0.293 e. The molecule has 0 aliphatic heterocycles. The van der Waals surface area contributed by atoms with Crippen LogP contribution in [0.4, 0.5) is 10.8 Å². The van der Waals surface area contributed by atoms with Crippen LogP contribution >= 0.6 is 11.3 Å². The van der Waals surface area contributed by atoms with Gasteiger partial charge in [0, 0.05) is 6.54 Å². The van der Waals surface area contributed by atoms with Gasteiger partial charge in [-0.1, -0.05) is 11.3 Å². The topological polar surface area (TPSA) is 101 Å². The summed E-state index contributed by atoms with van der Waals surface area (Å²) < 4.78 is 32.8. The first kappa shape index (κ1) is 21.6. The Morgan fingerprint density at radius 2 is 1.72 bits per heavy atom. The standard InChI is InChI=1S/C22H28N4O4S2/c1-3-26(17-4-6-18(30-2)7-5-17)32(28,29)21-25-24-20(31-21)23-19(27)22-11-14-8-15(12-22)10-16(9-14)13-22/h4-7,14-16H,3,8-13H2,1-2H3,(H,23,24,27). The van der Waals surface area contributed by atoms with Gasteiger partial charge in [0.05, 0.1) is 18.2 Å². The Morgan fingerprint density at radius 3 is 2.25 bits per heavy atom. The van der Waals surface area contributed by atoms with Gasteiger partial charge in [-0.2, -0.15) is 8.42 Å². The van der Waals surface area contributed by atoms with Crippen LogP contribution in [0.15, 0.2) is 28.6 Å². The second-order valence-electron chi connectivity index (χ2n) is 9.39. The molecule has 0 spiro atoms. The lowest BCUT2D eigenvalue weighted by Gasteiger charge is -2.55. The van der Waals surface area contributed by atoms with Crippen molar-refractivity contribution in [3.8, 4) is 5.75 Å². The molecule has 0 atom stereocenters. The average Bonchev–Trinajstić information content (AvgIpc) is 3.23. The molecule has 10 heteroatoms. The van der Waals surface area contributed by atoms with Crippen molar-refractivity contribution >= 4 is 38.1 Å².